The van der Waals surface area contributed by atoms with Gasteiger partial charge in [-0.25, -0.2) is 14.9 Å². The topological polar surface area (TPSA) is 117 Å². The number of carbonyl (C=O) groups is 2. The summed E-state index contributed by atoms with van der Waals surface area (Å²) in [5, 5.41) is 14.7. The van der Waals surface area contributed by atoms with Gasteiger partial charge in [0.25, 0.3) is 11.5 Å². The lowest BCUT2D eigenvalue weighted by Crippen LogP contribution is -2.24. The number of aromatic carboxylic acids is 1. The first-order valence-electron chi connectivity index (χ1n) is 9.58. The predicted molar refractivity (Wildman–Crippen MR) is 114 cm³/mol. The first-order chi connectivity index (χ1) is 15.4. The van der Waals surface area contributed by atoms with Gasteiger partial charge in [0.05, 0.1) is 22.5 Å². The number of H-pyrrole nitrogens is 1. The molecule has 0 spiro atoms. The molecule has 0 aliphatic heterocycles. The van der Waals surface area contributed by atoms with Gasteiger partial charge in [-0.2, -0.15) is 18.3 Å². The van der Waals surface area contributed by atoms with Crippen LogP contribution in [0.4, 0.5) is 13.2 Å². The molecule has 0 saturated carbocycles. The van der Waals surface area contributed by atoms with Crippen molar-refractivity contribution < 1.29 is 27.9 Å². The van der Waals surface area contributed by atoms with E-state index in [9.17, 15) is 27.6 Å². The fourth-order valence-electron chi connectivity index (χ4n) is 3.04. The molecule has 33 heavy (non-hydrogen) atoms. The van der Waals surface area contributed by atoms with Crippen LogP contribution < -0.4 is 11.0 Å². The third-order valence-corrected chi connectivity index (χ3v) is 5.00. The number of aromatic nitrogens is 2. The molecule has 1 aromatic heterocycles. The van der Waals surface area contributed by atoms with E-state index in [-0.39, 0.29) is 22.5 Å². The maximum absolute atomic E-state index is 13.7. The SMILES string of the molecule is C/C(=N/NC(=O)c1ccc(C(=O)O)cc1)c1c(C(F)(F)F)[nH]n(-c2ccc(C)c(C)c2)c1=O. The fourth-order valence-corrected chi connectivity index (χ4v) is 3.04. The maximum Gasteiger partial charge on any atom is 0.433 e. The van der Waals surface area contributed by atoms with Gasteiger partial charge in [0.15, 0.2) is 5.69 Å². The number of carbonyl (C=O) groups excluding carboxylic acids is 1. The molecule has 1 amide bonds. The minimum absolute atomic E-state index is 0.0363. The molecule has 0 bridgehead atoms. The quantitative estimate of drug-likeness (QED) is 0.398. The highest BCUT2D eigenvalue weighted by molar-refractivity contribution is 6.01. The van der Waals surface area contributed by atoms with Crippen LogP contribution in [0.15, 0.2) is 52.4 Å². The summed E-state index contributed by atoms with van der Waals surface area (Å²) in [5.74, 6) is -1.96. The molecule has 3 N–H and O–H groups in total. The second-order valence-corrected chi connectivity index (χ2v) is 7.29. The van der Waals surface area contributed by atoms with Crippen LogP contribution in [0.1, 0.15) is 50.0 Å². The molecule has 11 heteroatoms. The van der Waals surface area contributed by atoms with Crippen LogP contribution in [-0.4, -0.2) is 32.5 Å². The number of carboxylic acid groups (broad SMARTS) is 1. The Morgan fingerprint density at radius 1 is 1.03 bits per heavy atom. The highest BCUT2D eigenvalue weighted by Crippen LogP contribution is 2.30. The molecule has 0 aliphatic carbocycles. The smallest absolute Gasteiger partial charge is 0.433 e. The molecule has 3 rings (SSSR count). The Morgan fingerprint density at radius 2 is 1.64 bits per heavy atom. The van der Waals surface area contributed by atoms with E-state index in [0.29, 0.717) is 0 Å². The Kier molecular flexibility index (Phi) is 6.25. The van der Waals surface area contributed by atoms with E-state index >= 15 is 0 Å². The van der Waals surface area contributed by atoms with Crippen LogP contribution in [0, 0.1) is 13.8 Å². The van der Waals surface area contributed by atoms with E-state index in [1.54, 1.807) is 19.1 Å². The van der Waals surface area contributed by atoms with Gasteiger partial charge in [-0.15, -0.1) is 0 Å². The van der Waals surface area contributed by atoms with Gasteiger partial charge in [0.2, 0.25) is 0 Å². The summed E-state index contributed by atoms with van der Waals surface area (Å²) in [7, 11) is 0. The number of hydrazone groups is 1. The van der Waals surface area contributed by atoms with Gasteiger partial charge in [-0.05, 0) is 68.3 Å². The van der Waals surface area contributed by atoms with Crippen molar-refractivity contribution in [2.75, 3.05) is 0 Å². The van der Waals surface area contributed by atoms with Gasteiger partial charge in [0.1, 0.15) is 0 Å². The zero-order valence-corrected chi connectivity index (χ0v) is 17.7. The van der Waals surface area contributed by atoms with Crippen LogP contribution in [-0.2, 0) is 6.18 Å². The fraction of sp³-hybridized carbons (Fsp3) is 0.182. The van der Waals surface area contributed by atoms with Crippen molar-refractivity contribution in [3.05, 3.63) is 86.3 Å². The predicted octanol–water partition coefficient (Wildman–Crippen LogP) is 3.65. The van der Waals surface area contributed by atoms with Gasteiger partial charge >= 0.3 is 12.1 Å². The van der Waals surface area contributed by atoms with E-state index in [1.165, 1.54) is 37.3 Å². The van der Waals surface area contributed by atoms with Crippen LogP contribution >= 0.6 is 0 Å². The number of hydrogen-bond donors (Lipinski definition) is 3. The monoisotopic (exact) mass is 460 g/mol. The molecule has 0 saturated heterocycles. The highest BCUT2D eigenvalue weighted by Gasteiger charge is 2.39. The van der Waals surface area contributed by atoms with Gasteiger partial charge < -0.3 is 5.11 Å². The lowest BCUT2D eigenvalue weighted by atomic mass is 10.1. The Labute approximate surface area is 185 Å². The first kappa shape index (κ1) is 23.5. The van der Waals surface area contributed by atoms with Crippen molar-refractivity contribution in [2.45, 2.75) is 26.9 Å². The summed E-state index contributed by atoms with van der Waals surface area (Å²) < 4.78 is 41.7. The number of halogens is 3. The molecular formula is C22H19F3N4O4. The minimum Gasteiger partial charge on any atom is -0.478 e. The van der Waals surface area contributed by atoms with Crippen molar-refractivity contribution in [3.63, 3.8) is 0 Å². The van der Waals surface area contributed by atoms with Crippen molar-refractivity contribution >= 4 is 17.6 Å². The zero-order valence-electron chi connectivity index (χ0n) is 17.7. The maximum atomic E-state index is 13.7. The average Bonchev–Trinajstić information content (AvgIpc) is 3.11. The number of aryl methyl sites for hydroxylation is 2. The summed E-state index contributed by atoms with van der Waals surface area (Å²) in [6.45, 7) is 4.76. The van der Waals surface area contributed by atoms with Gasteiger partial charge in [-0.1, -0.05) is 6.07 Å². The van der Waals surface area contributed by atoms with Crippen molar-refractivity contribution in [1.29, 1.82) is 0 Å². The van der Waals surface area contributed by atoms with Crippen LogP contribution in [0.25, 0.3) is 5.69 Å². The van der Waals surface area contributed by atoms with Crippen LogP contribution in [0.5, 0.6) is 0 Å². The number of aromatic amines is 1. The van der Waals surface area contributed by atoms with E-state index < -0.39 is 34.9 Å². The summed E-state index contributed by atoms with van der Waals surface area (Å²) in [6.07, 6.45) is -4.88. The number of nitrogens with one attached hydrogen (secondary N) is 2. The number of rotatable bonds is 5. The van der Waals surface area contributed by atoms with Crippen molar-refractivity contribution in [2.24, 2.45) is 5.10 Å². The molecule has 1 heterocycles. The average molecular weight is 460 g/mol. The highest BCUT2D eigenvalue weighted by atomic mass is 19.4. The molecule has 0 atom stereocenters. The van der Waals surface area contributed by atoms with E-state index in [2.05, 4.69) is 15.6 Å². The molecule has 0 radical (unpaired) electrons. The minimum atomic E-state index is -4.88. The van der Waals surface area contributed by atoms with E-state index in [1.807, 2.05) is 6.92 Å². The zero-order chi connectivity index (χ0) is 24.5. The molecule has 0 unspecified atom stereocenters. The lowest BCUT2D eigenvalue weighted by molar-refractivity contribution is -0.141. The standard InChI is InChI=1S/C22H19F3N4O4/c1-11-4-9-16(10-12(11)2)29-20(31)17(18(28-29)22(23,24)25)13(3)26-27-19(30)14-5-7-15(8-6-14)21(32)33/h4-10,28H,1-3H3,(H,27,30)(H,32,33)/b26-13-. The number of carboxylic acids is 1. The van der Waals surface area contributed by atoms with Crippen LogP contribution in [0.2, 0.25) is 0 Å². The number of alkyl halides is 3. The number of hydrogen-bond acceptors (Lipinski definition) is 4. The van der Waals surface area contributed by atoms with E-state index in [0.717, 1.165) is 15.8 Å². The third kappa shape index (κ3) is 4.86. The molecule has 0 aliphatic rings. The normalized spacial score (nSPS) is 12.0. The first-order valence-corrected chi connectivity index (χ1v) is 9.58. The van der Waals surface area contributed by atoms with Crippen molar-refractivity contribution in [1.82, 2.24) is 15.2 Å². The molecule has 0 fully saturated rings. The second kappa shape index (κ2) is 8.77. The summed E-state index contributed by atoms with van der Waals surface area (Å²) >= 11 is 0. The Hall–Kier alpha value is -4.15. The van der Waals surface area contributed by atoms with Crippen LogP contribution in [0.3, 0.4) is 0 Å². The molecule has 3 aromatic rings. The largest absolute Gasteiger partial charge is 0.478 e. The second-order valence-electron chi connectivity index (χ2n) is 7.29. The van der Waals surface area contributed by atoms with Gasteiger partial charge in [0, 0.05) is 5.56 Å². The summed E-state index contributed by atoms with van der Waals surface area (Å²) in [5.41, 5.74) is 0.626. The van der Waals surface area contributed by atoms with E-state index in [4.69, 9.17) is 5.11 Å². The summed E-state index contributed by atoms with van der Waals surface area (Å²) in [4.78, 5) is 36.0. The molecule has 8 nitrogen and oxygen atoms in total. The Balaban J connectivity index is 1.98. The lowest BCUT2D eigenvalue weighted by Gasteiger charge is -2.07. The molecular weight excluding hydrogens is 441 g/mol. The Bertz CT molecular complexity index is 1320. The van der Waals surface area contributed by atoms with Crippen molar-refractivity contribution in [3.8, 4) is 5.69 Å². The molecule has 2 aromatic carbocycles. The molecule has 172 valence electrons. The number of nitrogens with zero attached hydrogens (tertiary/aromatic N) is 2. The van der Waals surface area contributed by atoms with Gasteiger partial charge in [-0.3, -0.25) is 14.7 Å². The summed E-state index contributed by atoms with van der Waals surface area (Å²) in [6, 6.07) is 9.63. The Morgan fingerprint density at radius 3 is 2.18 bits per heavy atom. The third-order valence-electron chi connectivity index (χ3n) is 5.00. The number of amides is 1. The number of benzene rings is 2.